The van der Waals surface area contributed by atoms with Crippen molar-refractivity contribution in [1.29, 1.82) is 0 Å². The molecule has 1 aromatic rings. The fraction of sp³-hybridized carbons (Fsp3) is 0.615. The van der Waals surface area contributed by atoms with Crippen molar-refractivity contribution in [2.75, 3.05) is 18.4 Å². The molecule has 2 amide bonds. The van der Waals surface area contributed by atoms with Gasteiger partial charge in [0.05, 0.1) is 6.54 Å². The Morgan fingerprint density at radius 1 is 1.47 bits per heavy atom. The molecule has 0 atom stereocenters. The lowest BCUT2D eigenvalue weighted by atomic mass is 10.1. The Bertz CT molecular complexity index is 443. The van der Waals surface area contributed by atoms with Gasteiger partial charge in [0.2, 0.25) is 11.8 Å². The summed E-state index contributed by atoms with van der Waals surface area (Å²) in [5, 5.41) is 3.29. The van der Waals surface area contributed by atoms with Gasteiger partial charge in [0, 0.05) is 24.5 Å². The number of amides is 2. The maximum Gasteiger partial charge on any atom is 0.245 e. The van der Waals surface area contributed by atoms with Crippen LogP contribution in [0.15, 0.2) is 6.20 Å². The summed E-state index contributed by atoms with van der Waals surface area (Å²) in [5.74, 6) is 0.228. The van der Waals surface area contributed by atoms with Gasteiger partial charge >= 0.3 is 0 Å². The predicted octanol–water partition coefficient (Wildman–Crippen LogP) is 2.28. The molecule has 0 aliphatic rings. The molecule has 1 heterocycles. The maximum absolute atomic E-state index is 11.8. The number of aryl methyl sites for hydroxylation is 1. The highest BCUT2D eigenvalue weighted by Crippen LogP contribution is 2.16. The molecule has 6 heteroatoms. The summed E-state index contributed by atoms with van der Waals surface area (Å²) < 4.78 is 0. The summed E-state index contributed by atoms with van der Waals surface area (Å²) >= 11 is 1.42. The highest BCUT2D eigenvalue weighted by atomic mass is 32.1. The number of nitrogens with zero attached hydrogens (tertiary/aromatic N) is 2. The van der Waals surface area contributed by atoms with Gasteiger partial charge in [0.15, 0.2) is 5.13 Å². The van der Waals surface area contributed by atoms with Crippen LogP contribution < -0.4 is 5.32 Å². The number of hydrogen-bond acceptors (Lipinski definition) is 4. The number of aromatic nitrogens is 1. The molecule has 0 spiro atoms. The fourth-order valence-corrected chi connectivity index (χ4v) is 2.19. The van der Waals surface area contributed by atoms with Crippen LogP contribution in [0.4, 0.5) is 5.13 Å². The van der Waals surface area contributed by atoms with Crippen molar-refractivity contribution in [3.8, 4) is 0 Å². The molecular formula is C13H21N3O2S. The molecule has 106 valence electrons. The van der Waals surface area contributed by atoms with Gasteiger partial charge in [-0.25, -0.2) is 4.98 Å². The highest BCUT2D eigenvalue weighted by molar-refractivity contribution is 7.15. The zero-order chi connectivity index (χ0) is 14.4. The van der Waals surface area contributed by atoms with Crippen LogP contribution in [0.25, 0.3) is 0 Å². The molecule has 5 nitrogen and oxygen atoms in total. The van der Waals surface area contributed by atoms with E-state index in [0.717, 1.165) is 11.3 Å². The van der Waals surface area contributed by atoms with Crippen molar-refractivity contribution in [2.45, 2.75) is 34.1 Å². The third-order valence-corrected chi connectivity index (χ3v) is 3.45. The Hall–Kier alpha value is -1.43. The number of nitrogens with one attached hydrogen (secondary N) is 1. The lowest BCUT2D eigenvalue weighted by molar-refractivity contribution is -0.132. The molecule has 0 aliphatic heterocycles. The van der Waals surface area contributed by atoms with Gasteiger partial charge in [-0.15, -0.1) is 11.3 Å². The van der Waals surface area contributed by atoms with E-state index in [4.69, 9.17) is 0 Å². The highest BCUT2D eigenvalue weighted by Gasteiger charge is 2.14. The third-order valence-electron chi connectivity index (χ3n) is 2.62. The lowest BCUT2D eigenvalue weighted by Crippen LogP contribution is -2.37. The Morgan fingerprint density at radius 3 is 2.63 bits per heavy atom. The number of carbonyl (C=O) groups is 2. The zero-order valence-corrected chi connectivity index (χ0v) is 12.7. The topological polar surface area (TPSA) is 62.3 Å². The van der Waals surface area contributed by atoms with Crippen molar-refractivity contribution in [3.63, 3.8) is 0 Å². The van der Waals surface area contributed by atoms with Crippen LogP contribution in [0.3, 0.4) is 0 Å². The molecule has 0 saturated heterocycles. The minimum atomic E-state index is -0.201. The van der Waals surface area contributed by atoms with E-state index in [-0.39, 0.29) is 18.4 Å². The summed E-state index contributed by atoms with van der Waals surface area (Å²) in [4.78, 5) is 30.0. The standard InChI is InChI=1S/C13H21N3O2S/c1-9(2)5-6-16(11(4)17)8-12(18)15-13-14-7-10(3)19-13/h7,9H,5-6,8H2,1-4H3,(H,14,15,18). The summed E-state index contributed by atoms with van der Waals surface area (Å²) in [6.07, 6.45) is 2.60. The van der Waals surface area contributed by atoms with Crippen molar-refractivity contribution in [2.24, 2.45) is 5.92 Å². The van der Waals surface area contributed by atoms with E-state index in [1.807, 2.05) is 6.92 Å². The van der Waals surface area contributed by atoms with Crippen molar-refractivity contribution in [1.82, 2.24) is 9.88 Å². The monoisotopic (exact) mass is 283 g/mol. The van der Waals surface area contributed by atoms with E-state index in [0.29, 0.717) is 17.6 Å². The second kappa shape index (κ2) is 7.23. The van der Waals surface area contributed by atoms with Crippen LogP contribution in [0.2, 0.25) is 0 Å². The van der Waals surface area contributed by atoms with Crippen molar-refractivity contribution in [3.05, 3.63) is 11.1 Å². The Labute approximate surface area is 118 Å². The minimum Gasteiger partial charge on any atom is -0.334 e. The van der Waals surface area contributed by atoms with E-state index in [9.17, 15) is 9.59 Å². The molecule has 0 aliphatic carbocycles. The van der Waals surface area contributed by atoms with E-state index >= 15 is 0 Å². The fourth-order valence-electron chi connectivity index (χ4n) is 1.51. The van der Waals surface area contributed by atoms with Gasteiger partial charge < -0.3 is 10.2 Å². The summed E-state index contributed by atoms with van der Waals surface area (Å²) in [6, 6.07) is 0. The average molecular weight is 283 g/mol. The van der Waals surface area contributed by atoms with Crippen LogP contribution in [0.5, 0.6) is 0 Å². The summed E-state index contributed by atoms with van der Waals surface area (Å²) in [5.41, 5.74) is 0. The smallest absolute Gasteiger partial charge is 0.245 e. The molecule has 1 aromatic heterocycles. The van der Waals surface area contributed by atoms with Crippen molar-refractivity contribution < 1.29 is 9.59 Å². The molecule has 19 heavy (non-hydrogen) atoms. The largest absolute Gasteiger partial charge is 0.334 e. The van der Waals surface area contributed by atoms with Crippen LogP contribution in [0.1, 0.15) is 32.1 Å². The van der Waals surface area contributed by atoms with Crippen LogP contribution >= 0.6 is 11.3 Å². The maximum atomic E-state index is 11.8. The Morgan fingerprint density at radius 2 is 2.16 bits per heavy atom. The lowest BCUT2D eigenvalue weighted by Gasteiger charge is -2.21. The van der Waals surface area contributed by atoms with Crippen molar-refractivity contribution >= 4 is 28.3 Å². The number of thiazole rings is 1. The van der Waals surface area contributed by atoms with Gasteiger partial charge in [0.1, 0.15) is 0 Å². The third kappa shape index (κ3) is 5.83. The van der Waals surface area contributed by atoms with Crippen LogP contribution in [-0.4, -0.2) is 34.8 Å². The first kappa shape index (κ1) is 15.6. The molecule has 0 bridgehead atoms. The second-order valence-corrected chi connectivity index (χ2v) is 6.18. The van der Waals surface area contributed by atoms with Crippen LogP contribution in [-0.2, 0) is 9.59 Å². The van der Waals surface area contributed by atoms with E-state index < -0.39 is 0 Å². The van der Waals surface area contributed by atoms with E-state index in [2.05, 4.69) is 24.1 Å². The molecular weight excluding hydrogens is 262 g/mol. The Balaban J connectivity index is 2.49. The molecule has 0 aromatic carbocycles. The molecule has 1 rings (SSSR count). The molecule has 0 unspecified atom stereocenters. The normalized spacial score (nSPS) is 10.6. The first-order valence-electron chi connectivity index (χ1n) is 6.36. The molecule has 0 radical (unpaired) electrons. The molecule has 0 fully saturated rings. The average Bonchev–Trinajstić information content (AvgIpc) is 2.69. The number of anilines is 1. The number of rotatable bonds is 6. The van der Waals surface area contributed by atoms with E-state index in [1.165, 1.54) is 18.3 Å². The quantitative estimate of drug-likeness (QED) is 0.871. The first-order valence-corrected chi connectivity index (χ1v) is 7.18. The van der Waals surface area contributed by atoms with Gasteiger partial charge in [0.25, 0.3) is 0 Å². The zero-order valence-electron chi connectivity index (χ0n) is 11.9. The predicted molar refractivity (Wildman–Crippen MR) is 77.2 cm³/mol. The number of hydrogen-bond donors (Lipinski definition) is 1. The number of carbonyl (C=O) groups excluding carboxylic acids is 2. The SMILES string of the molecule is CC(=O)N(CCC(C)C)CC(=O)Nc1ncc(C)s1. The Kier molecular flexibility index (Phi) is 5.95. The van der Waals surface area contributed by atoms with Gasteiger partial charge in [-0.2, -0.15) is 0 Å². The van der Waals surface area contributed by atoms with Gasteiger partial charge in [-0.1, -0.05) is 13.8 Å². The molecule has 1 N–H and O–H groups in total. The first-order chi connectivity index (χ1) is 8.88. The van der Waals surface area contributed by atoms with Crippen LogP contribution in [0, 0.1) is 12.8 Å². The summed E-state index contributed by atoms with van der Waals surface area (Å²) in [6.45, 7) is 8.30. The van der Waals surface area contributed by atoms with E-state index in [1.54, 1.807) is 11.1 Å². The van der Waals surface area contributed by atoms with Gasteiger partial charge in [-0.3, -0.25) is 9.59 Å². The minimum absolute atomic E-state index is 0.0777. The summed E-state index contributed by atoms with van der Waals surface area (Å²) in [7, 11) is 0. The van der Waals surface area contributed by atoms with Gasteiger partial charge in [-0.05, 0) is 19.3 Å². The molecule has 0 saturated carbocycles. The second-order valence-electron chi connectivity index (χ2n) is 4.95.